The Labute approximate surface area is 107 Å². The lowest BCUT2D eigenvalue weighted by Crippen LogP contribution is -2.54. The number of nitrogens with two attached hydrogens (primary N) is 1. The highest BCUT2D eigenvalue weighted by Gasteiger charge is 2.52. The van der Waals surface area contributed by atoms with Crippen LogP contribution in [0.15, 0.2) is 24.3 Å². The van der Waals surface area contributed by atoms with Crippen LogP contribution in [0.2, 0.25) is 0 Å². The summed E-state index contributed by atoms with van der Waals surface area (Å²) < 4.78 is 50.9. The molecule has 1 aromatic carbocycles. The van der Waals surface area contributed by atoms with Crippen molar-refractivity contribution in [2.75, 3.05) is 11.4 Å². The Morgan fingerprint density at radius 2 is 2.00 bits per heavy atom. The second kappa shape index (κ2) is 4.80. The summed E-state index contributed by atoms with van der Waals surface area (Å²) in [6.07, 6.45) is -3.62. The van der Waals surface area contributed by atoms with Crippen LogP contribution in [0.3, 0.4) is 0 Å². The predicted molar refractivity (Wildman–Crippen MR) is 61.4 cm³/mol. The van der Waals surface area contributed by atoms with E-state index >= 15 is 0 Å². The lowest BCUT2D eigenvalue weighted by molar-refractivity contribution is -0.166. The van der Waals surface area contributed by atoms with Gasteiger partial charge >= 0.3 is 18.3 Å². The molecular weight excluding hydrogens is 264 g/mol. The zero-order valence-electron chi connectivity index (χ0n) is 9.82. The van der Waals surface area contributed by atoms with Crippen molar-refractivity contribution in [3.05, 3.63) is 29.8 Å². The van der Waals surface area contributed by atoms with Gasteiger partial charge in [-0.25, -0.2) is 8.78 Å². The van der Waals surface area contributed by atoms with Gasteiger partial charge in [-0.15, -0.1) is 0 Å². The van der Waals surface area contributed by atoms with Crippen LogP contribution < -0.4 is 10.6 Å². The van der Waals surface area contributed by atoms with Crippen LogP contribution in [0.1, 0.15) is 5.56 Å². The number of hydrogen-bond donors (Lipinski definition) is 1. The average Bonchev–Trinajstić information content (AvgIpc) is 2.36. The van der Waals surface area contributed by atoms with Gasteiger partial charge < -0.3 is 10.6 Å². The van der Waals surface area contributed by atoms with Crippen molar-refractivity contribution in [2.45, 2.75) is 24.8 Å². The second-order valence-corrected chi connectivity index (χ2v) is 4.43. The number of nitrogens with zero attached hydrogens (tertiary/aromatic N) is 1. The molecule has 0 aliphatic carbocycles. The number of carbonyl (C=O) groups excluding carboxylic acids is 1. The maximum absolute atomic E-state index is 13.2. The molecule has 1 unspecified atom stereocenters. The van der Waals surface area contributed by atoms with Crippen LogP contribution in [0.25, 0.3) is 0 Å². The topological polar surface area (TPSA) is 46.3 Å². The summed E-state index contributed by atoms with van der Waals surface area (Å²) in [6, 6.07) is 5.75. The average molecular weight is 276 g/mol. The quantitative estimate of drug-likeness (QED) is 0.837. The Bertz CT molecular complexity index is 492. The molecule has 0 bridgehead atoms. The van der Waals surface area contributed by atoms with Gasteiger partial charge in [0.15, 0.2) is 0 Å². The third-order valence-electron chi connectivity index (χ3n) is 2.99. The van der Waals surface area contributed by atoms with Crippen LogP contribution in [-0.4, -0.2) is 30.8 Å². The summed E-state index contributed by atoms with van der Waals surface area (Å²) in [4.78, 5) is 12.3. The third-order valence-corrected chi connectivity index (χ3v) is 2.99. The highest BCUT2D eigenvalue weighted by Crippen LogP contribution is 2.32. The Morgan fingerprint density at radius 3 is 2.63 bits per heavy atom. The van der Waals surface area contributed by atoms with Gasteiger partial charge in [-0.3, -0.25) is 4.79 Å². The molecule has 3 nitrogen and oxygen atoms in total. The van der Waals surface area contributed by atoms with Crippen molar-refractivity contribution in [1.29, 1.82) is 0 Å². The van der Waals surface area contributed by atoms with Gasteiger partial charge in [0.05, 0.1) is 0 Å². The molecule has 0 saturated heterocycles. The molecule has 1 amide bonds. The summed E-state index contributed by atoms with van der Waals surface area (Å²) in [6.45, 7) is -0.196. The van der Waals surface area contributed by atoms with E-state index in [9.17, 15) is 22.4 Å². The minimum Gasteiger partial charge on any atom is -0.326 e. The van der Waals surface area contributed by atoms with Crippen molar-refractivity contribution in [3.63, 3.8) is 0 Å². The summed E-state index contributed by atoms with van der Waals surface area (Å²) in [7, 11) is 0. The molecule has 0 aromatic heterocycles. The predicted octanol–water partition coefficient (Wildman–Crippen LogP) is 1.80. The summed E-state index contributed by atoms with van der Waals surface area (Å²) >= 11 is 0. The number of rotatable bonds is 2. The fraction of sp³-hybridized carbons (Fsp3) is 0.417. The highest BCUT2D eigenvalue weighted by molar-refractivity contribution is 5.99. The van der Waals surface area contributed by atoms with Crippen molar-refractivity contribution >= 4 is 11.6 Å². The van der Waals surface area contributed by atoms with E-state index in [4.69, 9.17) is 5.73 Å². The lowest BCUT2D eigenvalue weighted by atomic mass is 9.98. The number of carbonyl (C=O) groups is 1. The molecule has 0 spiro atoms. The number of benzene rings is 1. The van der Waals surface area contributed by atoms with Crippen LogP contribution in [0, 0.1) is 0 Å². The monoisotopic (exact) mass is 276 g/mol. The third kappa shape index (κ3) is 2.42. The van der Waals surface area contributed by atoms with E-state index in [1.807, 2.05) is 0 Å². The van der Waals surface area contributed by atoms with Crippen molar-refractivity contribution in [2.24, 2.45) is 5.73 Å². The first-order valence-electron chi connectivity index (χ1n) is 5.65. The van der Waals surface area contributed by atoms with Gasteiger partial charge in [0.25, 0.3) is 0 Å². The van der Waals surface area contributed by atoms with E-state index < -0.39 is 24.3 Å². The minimum atomic E-state index is -4.70. The summed E-state index contributed by atoms with van der Waals surface area (Å²) in [5.74, 6) is -6.62. The largest absolute Gasteiger partial charge is 0.384 e. The van der Waals surface area contributed by atoms with Gasteiger partial charge in [0.2, 0.25) is 0 Å². The standard InChI is InChI=1S/C12H12F4N2O/c13-10(14)12(15,16)11(19)18-6-8(17)5-7-3-1-2-4-9(7)18/h1-4,8,10H,5-6,17H2. The van der Waals surface area contributed by atoms with Crippen LogP contribution in [-0.2, 0) is 11.2 Å². The molecule has 1 atom stereocenters. The first kappa shape index (κ1) is 13.8. The molecule has 19 heavy (non-hydrogen) atoms. The second-order valence-electron chi connectivity index (χ2n) is 4.43. The smallest absolute Gasteiger partial charge is 0.326 e. The molecule has 0 radical (unpaired) electrons. The Kier molecular flexibility index (Phi) is 3.49. The zero-order valence-corrected chi connectivity index (χ0v) is 9.82. The van der Waals surface area contributed by atoms with E-state index in [0.717, 1.165) is 0 Å². The van der Waals surface area contributed by atoms with E-state index in [2.05, 4.69) is 0 Å². The van der Waals surface area contributed by atoms with E-state index in [-0.39, 0.29) is 12.2 Å². The van der Waals surface area contributed by atoms with Crippen molar-refractivity contribution in [3.8, 4) is 0 Å². The van der Waals surface area contributed by atoms with Crippen LogP contribution in [0.4, 0.5) is 23.2 Å². The van der Waals surface area contributed by atoms with Gasteiger partial charge in [-0.2, -0.15) is 8.78 Å². The fourth-order valence-corrected chi connectivity index (χ4v) is 2.09. The highest BCUT2D eigenvalue weighted by atomic mass is 19.3. The van der Waals surface area contributed by atoms with Crippen LogP contribution in [0.5, 0.6) is 0 Å². The molecule has 1 heterocycles. The van der Waals surface area contributed by atoms with Gasteiger partial charge in [-0.1, -0.05) is 18.2 Å². The molecule has 2 rings (SSSR count). The fourth-order valence-electron chi connectivity index (χ4n) is 2.09. The number of para-hydroxylation sites is 1. The summed E-state index contributed by atoms with van der Waals surface area (Å²) in [5, 5.41) is 0. The maximum atomic E-state index is 13.2. The van der Waals surface area contributed by atoms with Gasteiger partial charge in [0.1, 0.15) is 0 Å². The molecular formula is C12H12F4N2O. The molecule has 1 aromatic rings. The molecule has 2 N–H and O–H groups in total. The molecule has 0 fully saturated rings. The van der Waals surface area contributed by atoms with Gasteiger partial charge in [-0.05, 0) is 18.1 Å². The Morgan fingerprint density at radius 1 is 1.37 bits per heavy atom. The molecule has 7 heteroatoms. The van der Waals surface area contributed by atoms with Crippen molar-refractivity contribution < 1.29 is 22.4 Å². The van der Waals surface area contributed by atoms with Crippen LogP contribution >= 0.6 is 0 Å². The first-order chi connectivity index (χ1) is 8.84. The first-order valence-corrected chi connectivity index (χ1v) is 5.65. The molecule has 1 aliphatic rings. The Hall–Kier alpha value is -1.63. The normalized spacial score (nSPS) is 19.5. The van der Waals surface area contributed by atoms with Gasteiger partial charge in [0, 0.05) is 18.3 Å². The number of hydrogen-bond acceptors (Lipinski definition) is 2. The van der Waals surface area contributed by atoms with E-state index in [0.29, 0.717) is 16.9 Å². The SMILES string of the molecule is NC1Cc2ccccc2N(C(=O)C(F)(F)C(F)F)C1. The number of alkyl halides is 4. The summed E-state index contributed by atoms with van der Waals surface area (Å²) in [5.41, 5.74) is 6.48. The number of fused-ring (bicyclic) bond motifs is 1. The molecule has 1 aliphatic heterocycles. The Balaban J connectivity index is 2.38. The van der Waals surface area contributed by atoms with E-state index in [1.54, 1.807) is 18.2 Å². The molecule has 104 valence electrons. The van der Waals surface area contributed by atoms with E-state index in [1.165, 1.54) is 6.07 Å². The number of anilines is 1. The minimum absolute atomic E-state index is 0.196. The van der Waals surface area contributed by atoms with Crippen molar-refractivity contribution in [1.82, 2.24) is 0 Å². The number of halogens is 4. The number of amides is 1. The zero-order chi connectivity index (χ0) is 14.2. The molecule has 0 saturated carbocycles. The maximum Gasteiger partial charge on any atom is 0.384 e. The lowest BCUT2D eigenvalue weighted by Gasteiger charge is -2.34.